The monoisotopic (exact) mass is 340 g/mol. The molecule has 1 fully saturated rings. The summed E-state index contributed by atoms with van der Waals surface area (Å²) in [5.41, 5.74) is 4.00. The van der Waals surface area contributed by atoms with Gasteiger partial charge in [0.15, 0.2) is 0 Å². The Morgan fingerprint density at radius 2 is 1.96 bits per heavy atom. The predicted octanol–water partition coefficient (Wildman–Crippen LogP) is 2.07. The van der Waals surface area contributed by atoms with Gasteiger partial charge in [-0.25, -0.2) is 4.68 Å². The van der Waals surface area contributed by atoms with Crippen LogP contribution in [0.15, 0.2) is 30.3 Å². The van der Waals surface area contributed by atoms with E-state index in [9.17, 15) is 9.59 Å². The molecule has 1 aromatic heterocycles. The molecule has 25 heavy (non-hydrogen) atoms. The van der Waals surface area contributed by atoms with E-state index < -0.39 is 0 Å². The normalized spacial score (nSPS) is 14.2. The molecule has 0 aliphatic carbocycles. The van der Waals surface area contributed by atoms with E-state index in [0.29, 0.717) is 19.5 Å². The minimum Gasteiger partial charge on any atom is -0.340 e. The summed E-state index contributed by atoms with van der Waals surface area (Å²) in [6.07, 6.45) is 1.40. The number of aryl methyl sites for hydroxylation is 1. The number of likely N-dealkylation sites (N-methyl/N-ethyl adjacent to an activating group) is 1. The molecule has 1 aliphatic heterocycles. The van der Waals surface area contributed by atoms with E-state index in [2.05, 4.69) is 5.10 Å². The Bertz CT molecular complexity index is 782. The number of rotatable bonds is 5. The molecule has 2 heterocycles. The van der Waals surface area contributed by atoms with Crippen LogP contribution in [-0.4, -0.2) is 51.5 Å². The lowest BCUT2D eigenvalue weighted by Crippen LogP contribution is -2.38. The van der Waals surface area contributed by atoms with Crippen LogP contribution in [-0.2, 0) is 16.1 Å². The molecular formula is C19H24N4O2. The van der Waals surface area contributed by atoms with E-state index >= 15 is 0 Å². The highest BCUT2D eigenvalue weighted by molar-refractivity contribution is 5.85. The molecule has 2 aromatic rings. The summed E-state index contributed by atoms with van der Waals surface area (Å²) in [5.74, 6) is 0.0347. The highest BCUT2D eigenvalue weighted by atomic mass is 16.2. The number of hydrogen-bond acceptors (Lipinski definition) is 3. The zero-order chi connectivity index (χ0) is 18.0. The summed E-state index contributed by atoms with van der Waals surface area (Å²) in [5, 5.41) is 4.62. The average molecular weight is 340 g/mol. The van der Waals surface area contributed by atoms with E-state index in [4.69, 9.17) is 0 Å². The Balaban J connectivity index is 1.73. The van der Waals surface area contributed by atoms with E-state index in [0.717, 1.165) is 29.1 Å². The minimum atomic E-state index is -0.0403. The highest BCUT2D eigenvalue weighted by Crippen LogP contribution is 2.19. The van der Waals surface area contributed by atoms with Gasteiger partial charge in [0.1, 0.15) is 0 Å². The van der Waals surface area contributed by atoms with Crippen molar-refractivity contribution in [2.45, 2.75) is 33.2 Å². The van der Waals surface area contributed by atoms with Gasteiger partial charge < -0.3 is 9.80 Å². The summed E-state index contributed by atoms with van der Waals surface area (Å²) in [6, 6.07) is 9.96. The van der Waals surface area contributed by atoms with Crippen molar-refractivity contribution in [3.05, 3.63) is 47.3 Å². The predicted molar refractivity (Wildman–Crippen MR) is 95.3 cm³/mol. The van der Waals surface area contributed by atoms with Crippen LogP contribution < -0.4 is 0 Å². The Labute approximate surface area is 148 Å². The molecule has 3 rings (SSSR count). The molecule has 6 nitrogen and oxygen atoms in total. The Hall–Kier alpha value is -2.63. The molecule has 0 spiro atoms. The number of nitrogens with zero attached hydrogens (tertiary/aromatic N) is 4. The van der Waals surface area contributed by atoms with Crippen LogP contribution in [0.5, 0.6) is 0 Å². The first-order chi connectivity index (χ1) is 12.0. The second kappa shape index (κ2) is 7.09. The Kier molecular flexibility index (Phi) is 4.88. The zero-order valence-electron chi connectivity index (χ0n) is 15.0. The summed E-state index contributed by atoms with van der Waals surface area (Å²) < 4.78 is 1.91. The van der Waals surface area contributed by atoms with Gasteiger partial charge >= 0.3 is 0 Å². The molecule has 0 saturated carbocycles. The molecule has 0 bridgehead atoms. The number of benzene rings is 1. The SMILES string of the molecule is Cc1nn(-c2ccccc2)c(C)c1CN(C)C(=O)CN1CCCC1=O. The van der Waals surface area contributed by atoms with Gasteiger partial charge in [0.2, 0.25) is 11.8 Å². The minimum absolute atomic E-state index is 0.0403. The van der Waals surface area contributed by atoms with Crippen LogP contribution >= 0.6 is 0 Å². The smallest absolute Gasteiger partial charge is 0.242 e. The van der Waals surface area contributed by atoms with Crippen molar-refractivity contribution >= 4 is 11.8 Å². The van der Waals surface area contributed by atoms with Crippen LogP contribution in [0.4, 0.5) is 0 Å². The van der Waals surface area contributed by atoms with Crippen LogP contribution in [0.1, 0.15) is 29.8 Å². The molecule has 2 amide bonds. The molecule has 0 N–H and O–H groups in total. The maximum atomic E-state index is 12.5. The number of hydrogen-bond donors (Lipinski definition) is 0. The van der Waals surface area contributed by atoms with Gasteiger partial charge in [0, 0.05) is 37.8 Å². The van der Waals surface area contributed by atoms with Crippen molar-refractivity contribution in [1.29, 1.82) is 0 Å². The van der Waals surface area contributed by atoms with Crippen LogP contribution in [0.2, 0.25) is 0 Å². The standard InChI is InChI=1S/C19H24N4O2/c1-14-17(15(2)23(20-14)16-8-5-4-6-9-16)12-21(3)19(25)13-22-11-7-10-18(22)24/h4-6,8-9H,7,10-13H2,1-3H3. The van der Waals surface area contributed by atoms with Crippen molar-refractivity contribution < 1.29 is 9.59 Å². The molecular weight excluding hydrogens is 316 g/mol. The van der Waals surface area contributed by atoms with Gasteiger partial charge in [-0.2, -0.15) is 5.10 Å². The Morgan fingerprint density at radius 3 is 2.60 bits per heavy atom. The summed E-state index contributed by atoms with van der Waals surface area (Å²) in [4.78, 5) is 27.5. The van der Waals surface area contributed by atoms with Gasteiger partial charge in [0.25, 0.3) is 0 Å². The van der Waals surface area contributed by atoms with Crippen LogP contribution in [0.3, 0.4) is 0 Å². The molecule has 6 heteroatoms. The fraction of sp³-hybridized carbons (Fsp3) is 0.421. The van der Waals surface area contributed by atoms with E-state index in [-0.39, 0.29) is 18.4 Å². The van der Waals surface area contributed by atoms with E-state index in [1.54, 1.807) is 16.8 Å². The number of carbonyl (C=O) groups is 2. The first-order valence-electron chi connectivity index (χ1n) is 8.59. The van der Waals surface area contributed by atoms with Gasteiger partial charge in [-0.3, -0.25) is 9.59 Å². The second-order valence-corrected chi connectivity index (χ2v) is 6.57. The molecule has 0 radical (unpaired) electrons. The summed E-state index contributed by atoms with van der Waals surface area (Å²) >= 11 is 0. The van der Waals surface area contributed by atoms with Gasteiger partial charge in [0.05, 0.1) is 17.9 Å². The van der Waals surface area contributed by atoms with Crippen molar-refractivity contribution in [1.82, 2.24) is 19.6 Å². The van der Waals surface area contributed by atoms with Crippen molar-refractivity contribution in [2.24, 2.45) is 0 Å². The molecule has 1 aliphatic rings. The topological polar surface area (TPSA) is 58.4 Å². The Morgan fingerprint density at radius 1 is 1.24 bits per heavy atom. The van der Waals surface area contributed by atoms with Gasteiger partial charge in [-0.05, 0) is 32.4 Å². The summed E-state index contributed by atoms with van der Waals surface area (Å²) in [7, 11) is 1.78. The lowest BCUT2D eigenvalue weighted by molar-refractivity contribution is -0.137. The first-order valence-corrected chi connectivity index (χ1v) is 8.59. The lowest BCUT2D eigenvalue weighted by atomic mass is 10.2. The third kappa shape index (κ3) is 3.57. The fourth-order valence-electron chi connectivity index (χ4n) is 3.20. The van der Waals surface area contributed by atoms with Crippen LogP contribution in [0.25, 0.3) is 5.69 Å². The average Bonchev–Trinajstić information content (AvgIpc) is 3.13. The lowest BCUT2D eigenvalue weighted by Gasteiger charge is -2.21. The molecule has 0 atom stereocenters. The number of para-hydroxylation sites is 1. The van der Waals surface area contributed by atoms with E-state index in [1.165, 1.54) is 0 Å². The third-order valence-corrected chi connectivity index (χ3v) is 4.76. The maximum absolute atomic E-state index is 12.5. The van der Waals surface area contributed by atoms with Crippen molar-refractivity contribution in [3.63, 3.8) is 0 Å². The van der Waals surface area contributed by atoms with Crippen LogP contribution in [0, 0.1) is 13.8 Å². The number of carbonyl (C=O) groups excluding carboxylic acids is 2. The van der Waals surface area contributed by atoms with E-state index in [1.807, 2.05) is 48.9 Å². The van der Waals surface area contributed by atoms with Gasteiger partial charge in [-0.1, -0.05) is 18.2 Å². The molecule has 0 unspecified atom stereocenters. The molecule has 132 valence electrons. The number of likely N-dealkylation sites (tertiary alicyclic amines) is 1. The molecule has 1 aromatic carbocycles. The zero-order valence-corrected chi connectivity index (χ0v) is 15.0. The largest absolute Gasteiger partial charge is 0.340 e. The number of aromatic nitrogens is 2. The molecule has 1 saturated heterocycles. The quantitative estimate of drug-likeness (QED) is 0.837. The van der Waals surface area contributed by atoms with Gasteiger partial charge in [-0.15, -0.1) is 0 Å². The third-order valence-electron chi connectivity index (χ3n) is 4.76. The number of amides is 2. The fourth-order valence-corrected chi connectivity index (χ4v) is 3.20. The van der Waals surface area contributed by atoms with Crippen molar-refractivity contribution in [2.75, 3.05) is 20.1 Å². The van der Waals surface area contributed by atoms with Crippen molar-refractivity contribution in [3.8, 4) is 5.69 Å². The second-order valence-electron chi connectivity index (χ2n) is 6.57. The first kappa shape index (κ1) is 17.2. The summed E-state index contributed by atoms with van der Waals surface area (Å²) in [6.45, 7) is 5.32. The maximum Gasteiger partial charge on any atom is 0.242 e. The highest BCUT2D eigenvalue weighted by Gasteiger charge is 2.24.